The molecule has 2 aromatic rings. The molecule has 19 heavy (non-hydrogen) atoms. The maximum Gasteiger partial charge on any atom is 0.106 e. The van der Waals surface area contributed by atoms with Gasteiger partial charge in [0.15, 0.2) is 0 Å². The van der Waals surface area contributed by atoms with Gasteiger partial charge in [0.05, 0.1) is 35.3 Å². The number of hydrogen-bond acceptors (Lipinski definition) is 3. The van der Waals surface area contributed by atoms with Gasteiger partial charge in [-0.1, -0.05) is 6.07 Å². The lowest BCUT2D eigenvalue weighted by molar-refractivity contribution is -0.157. The van der Waals surface area contributed by atoms with Gasteiger partial charge in [-0.25, -0.2) is 4.98 Å². The molecule has 0 bridgehead atoms. The van der Waals surface area contributed by atoms with E-state index < -0.39 is 5.60 Å². The van der Waals surface area contributed by atoms with Crippen molar-refractivity contribution in [1.82, 2.24) is 9.55 Å². The Labute approximate surface area is 113 Å². The lowest BCUT2D eigenvalue weighted by Gasteiger charge is -2.50. The quantitative estimate of drug-likeness (QED) is 0.897. The topological polar surface area (TPSA) is 47.3 Å². The van der Waals surface area contributed by atoms with Gasteiger partial charge in [0.1, 0.15) is 5.82 Å². The molecule has 0 saturated carbocycles. The van der Waals surface area contributed by atoms with Crippen molar-refractivity contribution in [1.29, 1.82) is 0 Å². The van der Waals surface area contributed by atoms with Crippen molar-refractivity contribution in [3.63, 3.8) is 0 Å². The van der Waals surface area contributed by atoms with Crippen LogP contribution in [0.3, 0.4) is 0 Å². The van der Waals surface area contributed by atoms with Crippen LogP contribution in [-0.2, 0) is 17.2 Å². The van der Waals surface area contributed by atoms with Gasteiger partial charge in [0, 0.05) is 7.05 Å². The molecule has 1 aromatic heterocycles. The molecule has 2 heterocycles. The smallest absolute Gasteiger partial charge is 0.106 e. The summed E-state index contributed by atoms with van der Waals surface area (Å²) in [5.74, 6) is 0.995. The molecular weight excluding hydrogens is 240 g/mol. The monoisotopic (exact) mass is 260 g/mol. The zero-order chi connectivity index (χ0) is 13.8. The Morgan fingerprint density at radius 3 is 2.58 bits per heavy atom. The molecule has 0 radical (unpaired) electrons. The Kier molecular flexibility index (Phi) is 2.53. The third-order valence-electron chi connectivity index (χ3n) is 4.53. The van der Waals surface area contributed by atoms with Crippen LogP contribution < -0.4 is 0 Å². The molecule has 0 aliphatic carbocycles. The number of ether oxygens (including phenoxy) is 1. The first-order valence-electron chi connectivity index (χ1n) is 6.59. The molecular formula is C15H20N2O2. The summed E-state index contributed by atoms with van der Waals surface area (Å²) >= 11 is 0. The summed E-state index contributed by atoms with van der Waals surface area (Å²) in [4.78, 5) is 4.57. The fourth-order valence-corrected chi connectivity index (χ4v) is 2.80. The van der Waals surface area contributed by atoms with Crippen LogP contribution in [0, 0.1) is 6.92 Å². The van der Waals surface area contributed by atoms with E-state index in [0.29, 0.717) is 13.2 Å². The molecule has 0 unspecified atom stereocenters. The number of benzene rings is 1. The van der Waals surface area contributed by atoms with Crippen molar-refractivity contribution < 1.29 is 9.84 Å². The van der Waals surface area contributed by atoms with Gasteiger partial charge in [-0.3, -0.25) is 0 Å². The second kappa shape index (κ2) is 3.81. The number of nitrogens with zero attached hydrogens (tertiary/aromatic N) is 2. The zero-order valence-corrected chi connectivity index (χ0v) is 11.9. The number of aryl methyl sites for hydroxylation is 2. The van der Waals surface area contributed by atoms with Crippen LogP contribution in [0.25, 0.3) is 11.0 Å². The summed E-state index contributed by atoms with van der Waals surface area (Å²) in [6.07, 6.45) is 0. The Bertz CT molecular complexity index is 633. The second-order valence-electron chi connectivity index (χ2n) is 6.06. The van der Waals surface area contributed by atoms with Gasteiger partial charge in [-0.2, -0.15) is 0 Å². The highest BCUT2D eigenvalue weighted by atomic mass is 16.5. The van der Waals surface area contributed by atoms with E-state index in [1.165, 1.54) is 0 Å². The van der Waals surface area contributed by atoms with Crippen LogP contribution >= 0.6 is 0 Å². The first-order valence-corrected chi connectivity index (χ1v) is 6.59. The summed E-state index contributed by atoms with van der Waals surface area (Å²) < 4.78 is 7.45. The highest BCUT2D eigenvalue weighted by molar-refractivity contribution is 5.77. The minimum atomic E-state index is -0.803. The standard InChI is InChI=1S/C15H20N2O2/c1-10-16-12-7-11(5-6-13(12)17(10)4)15(8-19-9-15)14(2,3)18/h5-7,18H,8-9H2,1-4H3. The molecule has 1 fully saturated rings. The predicted octanol–water partition coefficient (Wildman–Crippen LogP) is 1.92. The van der Waals surface area contributed by atoms with E-state index in [0.717, 1.165) is 22.4 Å². The first kappa shape index (κ1) is 12.6. The second-order valence-corrected chi connectivity index (χ2v) is 6.06. The molecule has 4 nitrogen and oxygen atoms in total. The molecule has 102 valence electrons. The van der Waals surface area contributed by atoms with Crippen molar-refractivity contribution >= 4 is 11.0 Å². The summed E-state index contributed by atoms with van der Waals surface area (Å²) in [5.41, 5.74) is 2.09. The molecule has 1 saturated heterocycles. The molecule has 1 aromatic carbocycles. The Morgan fingerprint density at radius 2 is 2.05 bits per heavy atom. The van der Waals surface area contributed by atoms with Crippen molar-refractivity contribution in [3.8, 4) is 0 Å². The zero-order valence-electron chi connectivity index (χ0n) is 11.9. The maximum absolute atomic E-state index is 10.5. The third-order valence-corrected chi connectivity index (χ3v) is 4.53. The average molecular weight is 260 g/mol. The predicted molar refractivity (Wildman–Crippen MR) is 74.2 cm³/mol. The number of fused-ring (bicyclic) bond motifs is 1. The van der Waals surface area contributed by atoms with E-state index in [4.69, 9.17) is 4.74 Å². The normalized spacial score (nSPS) is 18.6. The van der Waals surface area contributed by atoms with Gasteiger partial charge in [0.25, 0.3) is 0 Å². The lowest BCUT2D eigenvalue weighted by atomic mass is 9.67. The maximum atomic E-state index is 10.5. The van der Waals surface area contributed by atoms with Crippen LogP contribution in [-0.4, -0.2) is 33.5 Å². The van der Waals surface area contributed by atoms with Crippen LogP contribution in [0.2, 0.25) is 0 Å². The van der Waals surface area contributed by atoms with Gasteiger partial charge < -0.3 is 14.4 Å². The average Bonchev–Trinajstić information content (AvgIpc) is 2.51. The molecule has 1 N–H and O–H groups in total. The van der Waals surface area contributed by atoms with E-state index in [2.05, 4.69) is 27.8 Å². The fraction of sp³-hybridized carbons (Fsp3) is 0.533. The minimum absolute atomic E-state index is 0.313. The van der Waals surface area contributed by atoms with Gasteiger partial charge in [-0.15, -0.1) is 0 Å². The van der Waals surface area contributed by atoms with E-state index in [1.54, 1.807) is 0 Å². The molecule has 1 aliphatic heterocycles. The van der Waals surface area contributed by atoms with Crippen LogP contribution in [0.15, 0.2) is 18.2 Å². The minimum Gasteiger partial charge on any atom is -0.389 e. The highest BCUT2D eigenvalue weighted by Gasteiger charge is 2.51. The van der Waals surface area contributed by atoms with Crippen LogP contribution in [0.1, 0.15) is 25.2 Å². The van der Waals surface area contributed by atoms with Crippen LogP contribution in [0.4, 0.5) is 0 Å². The first-order chi connectivity index (χ1) is 8.85. The number of imidazole rings is 1. The summed E-state index contributed by atoms with van der Waals surface area (Å²) in [6, 6.07) is 6.25. The van der Waals surface area contributed by atoms with Crippen molar-refractivity contribution in [3.05, 3.63) is 29.6 Å². The Morgan fingerprint density at radius 1 is 1.37 bits per heavy atom. The highest BCUT2D eigenvalue weighted by Crippen LogP contribution is 2.42. The van der Waals surface area contributed by atoms with E-state index in [9.17, 15) is 5.11 Å². The molecule has 3 rings (SSSR count). The largest absolute Gasteiger partial charge is 0.389 e. The van der Waals surface area contributed by atoms with Gasteiger partial charge in [-0.05, 0) is 38.5 Å². The number of rotatable bonds is 2. The Hall–Kier alpha value is -1.39. The lowest BCUT2D eigenvalue weighted by Crippen LogP contribution is -2.60. The van der Waals surface area contributed by atoms with E-state index in [1.807, 2.05) is 27.8 Å². The van der Waals surface area contributed by atoms with Crippen molar-refractivity contribution in [2.45, 2.75) is 31.8 Å². The third kappa shape index (κ3) is 1.63. The number of aliphatic hydroxyl groups is 1. The van der Waals surface area contributed by atoms with E-state index in [-0.39, 0.29) is 5.41 Å². The number of aromatic nitrogens is 2. The van der Waals surface area contributed by atoms with Crippen molar-refractivity contribution in [2.75, 3.05) is 13.2 Å². The molecule has 0 spiro atoms. The molecule has 1 aliphatic rings. The fourth-order valence-electron chi connectivity index (χ4n) is 2.80. The molecule has 0 amide bonds. The van der Waals surface area contributed by atoms with Crippen molar-refractivity contribution in [2.24, 2.45) is 7.05 Å². The summed E-state index contributed by atoms with van der Waals surface area (Å²) in [7, 11) is 2.02. The SMILES string of the molecule is Cc1nc2cc(C3(C(C)(C)O)COC3)ccc2n1C. The van der Waals surface area contributed by atoms with Gasteiger partial charge in [0.2, 0.25) is 0 Å². The van der Waals surface area contributed by atoms with Gasteiger partial charge >= 0.3 is 0 Å². The molecule has 0 atom stereocenters. The van der Waals surface area contributed by atoms with E-state index >= 15 is 0 Å². The molecule has 4 heteroatoms. The number of hydrogen-bond donors (Lipinski definition) is 1. The van der Waals surface area contributed by atoms with Crippen LogP contribution in [0.5, 0.6) is 0 Å². The summed E-state index contributed by atoms with van der Waals surface area (Å²) in [6.45, 7) is 6.83. The Balaban J connectivity index is 2.16. The summed E-state index contributed by atoms with van der Waals surface area (Å²) in [5, 5.41) is 10.5.